The molecule has 2 aromatic heterocycles. The van der Waals surface area contributed by atoms with Gasteiger partial charge in [0.1, 0.15) is 0 Å². The Morgan fingerprint density at radius 1 is 1.20 bits per heavy atom. The fourth-order valence-corrected chi connectivity index (χ4v) is 5.00. The van der Waals surface area contributed by atoms with Crippen molar-refractivity contribution in [3.05, 3.63) is 59.4 Å². The molecule has 3 heterocycles. The van der Waals surface area contributed by atoms with Crippen molar-refractivity contribution in [3.8, 4) is 0 Å². The van der Waals surface area contributed by atoms with Crippen LogP contribution in [0.5, 0.6) is 0 Å². The second-order valence-electron chi connectivity index (χ2n) is 8.80. The van der Waals surface area contributed by atoms with E-state index in [0.717, 1.165) is 0 Å². The number of halogens is 1. The van der Waals surface area contributed by atoms with E-state index in [1.165, 1.54) is 10.2 Å². The van der Waals surface area contributed by atoms with Gasteiger partial charge >= 0.3 is 7.12 Å². The second kappa shape index (κ2) is 7.37. The minimum absolute atomic E-state index is 0.147. The standard InChI is InChI=1S/C21H24BClN2O4S/c1-20(2)14-28-22(29-21(20,3)4)18-12-25(19-17(18)10-16(23)11-24-19)30(26,27)13-15-8-6-5-7-9-15/h5-12H,13-14H2,1-4H3. The first-order valence-electron chi connectivity index (χ1n) is 9.73. The fraction of sp³-hybridized carbons (Fsp3) is 0.381. The molecule has 0 atom stereocenters. The van der Waals surface area contributed by atoms with Crippen molar-refractivity contribution in [3.63, 3.8) is 0 Å². The van der Waals surface area contributed by atoms with Crippen molar-refractivity contribution in [2.75, 3.05) is 6.61 Å². The number of rotatable bonds is 4. The molecule has 158 valence electrons. The van der Waals surface area contributed by atoms with E-state index in [2.05, 4.69) is 18.8 Å². The highest BCUT2D eigenvalue weighted by molar-refractivity contribution is 7.89. The number of nitrogens with zero attached hydrogens (tertiary/aromatic N) is 2. The highest BCUT2D eigenvalue weighted by Crippen LogP contribution is 2.38. The zero-order chi connectivity index (χ0) is 21.7. The summed E-state index contributed by atoms with van der Waals surface area (Å²) in [5.74, 6) is -0.147. The summed E-state index contributed by atoms with van der Waals surface area (Å²) in [6.45, 7) is 8.66. The molecule has 0 saturated carbocycles. The van der Waals surface area contributed by atoms with Crippen LogP contribution in [0.2, 0.25) is 5.02 Å². The summed E-state index contributed by atoms with van der Waals surface area (Å²) in [4.78, 5) is 4.31. The monoisotopic (exact) mass is 446 g/mol. The lowest BCUT2D eigenvalue weighted by molar-refractivity contribution is -0.0936. The summed E-state index contributed by atoms with van der Waals surface area (Å²) >= 11 is 6.18. The highest BCUT2D eigenvalue weighted by Gasteiger charge is 2.48. The van der Waals surface area contributed by atoms with Crippen molar-refractivity contribution in [1.82, 2.24) is 8.96 Å². The average Bonchev–Trinajstić information content (AvgIpc) is 3.04. The van der Waals surface area contributed by atoms with Crippen LogP contribution in [0.4, 0.5) is 0 Å². The maximum atomic E-state index is 13.2. The number of aromatic nitrogens is 2. The predicted molar refractivity (Wildman–Crippen MR) is 119 cm³/mol. The summed E-state index contributed by atoms with van der Waals surface area (Å²) in [6.07, 6.45) is 2.99. The topological polar surface area (TPSA) is 70.4 Å². The van der Waals surface area contributed by atoms with Gasteiger partial charge in [-0.1, -0.05) is 55.8 Å². The zero-order valence-electron chi connectivity index (χ0n) is 17.4. The van der Waals surface area contributed by atoms with Crippen molar-refractivity contribution in [2.24, 2.45) is 5.41 Å². The average molecular weight is 447 g/mol. The molecule has 30 heavy (non-hydrogen) atoms. The molecule has 1 saturated heterocycles. The van der Waals surface area contributed by atoms with Crippen LogP contribution in [-0.2, 0) is 25.1 Å². The number of hydrogen-bond acceptors (Lipinski definition) is 5. The lowest BCUT2D eigenvalue weighted by atomic mass is 9.69. The van der Waals surface area contributed by atoms with Gasteiger partial charge in [0.15, 0.2) is 5.65 Å². The fourth-order valence-electron chi connectivity index (χ4n) is 3.40. The molecule has 4 rings (SSSR count). The predicted octanol–water partition coefficient (Wildman–Crippen LogP) is 3.61. The molecule has 9 heteroatoms. The maximum absolute atomic E-state index is 13.2. The number of fused-ring (bicyclic) bond motifs is 1. The highest BCUT2D eigenvalue weighted by atomic mass is 35.5. The van der Waals surface area contributed by atoms with Crippen LogP contribution in [0.25, 0.3) is 11.0 Å². The molecule has 1 aromatic carbocycles. The minimum atomic E-state index is -3.72. The Hall–Kier alpha value is -1.87. The van der Waals surface area contributed by atoms with E-state index in [-0.39, 0.29) is 11.2 Å². The molecule has 1 fully saturated rings. The van der Waals surface area contributed by atoms with Gasteiger partial charge < -0.3 is 9.31 Å². The van der Waals surface area contributed by atoms with Gasteiger partial charge in [0, 0.05) is 35.3 Å². The first-order chi connectivity index (χ1) is 14.0. The van der Waals surface area contributed by atoms with Crippen molar-refractivity contribution in [1.29, 1.82) is 0 Å². The Labute approximate surface area is 182 Å². The van der Waals surface area contributed by atoms with Crippen LogP contribution in [-0.4, -0.2) is 36.7 Å². The van der Waals surface area contributed by atoms with E-state index in [1.54, 1.807) is 24.4 Å². The largest absolute Gasteiger partial charge is 0.496 e. The van der Waals surface area contributed by atoms with Crippen molar-refractivity contribution < 1.29 is 17.7 Å². The quantitative estimate of drug-likeness (QED) is 0.573. The Morgan fingerprint density at radius 2 is 1.90 bits per heavy atom. The van der Waals surface area contributed by atoms with Gasteiger partial charge in [-0.15, -0.1) is 0 Å². The Bertz CT molecular complexity index is 1190. The summed E-state index contributed by atoms with van der Waals surface area (Å²) in [5, 5.41) is 1.01. The maximum Gasteiger partial charge on any atom is 0.496 e. The first kappa shape index (κ1) is 21.4. The van der Waals surface area contributed by atoms with Crippen LogP contribution in [0.3, 0.4) is 0 Å². The van der Waals surface area contributed by atoms with Crippen molar-refractivity contribution in [2.45, 2.75) is 39.0 Å². The molecule has 1 aliphatic heterocycles. The van der Waals surface area contributed by atoms with Gasteiger partial charge in [0.2, 0.25) is 10.0 Å². The lowest BCUT2D eigenvalue weighted by Gasteiger charge is -2.47. The summed E-state index contributed by atoms with van der Waals surface area (Å²) in [6, 6.07) is 10.8. The summed E-state index contributed by atoms with van der Waals surface area (Å²) < 4.78 is 40.0. The normalized spacial score (nSPS) is 18.6. The van der Waals surface area contributed by atoms with E-state index in [1.807, 2.05) is 32.0 Å². The van der Waals surface area contributed by atoms with E-state index in [0.29, 0.717) is 33.7 Å². The third kappa shape index (κ3) is 3.77. The number of pyridine rings is 1. The van der Waals surface area contributed by atoms with Crippen molar-refractivity contribution >= 4 is 45.2 Å². The van der Waals surface area contributed by atoms with Gasteiger partial charge in [-0.25, -0.2) is 17.4 Å². The van der Waals surface area contributed by atoms with Gasteiger partial charge in [0.05, 0.1) is 16.4 Å². The molecule has 3 aromatic rings. The van der Waals surface area contributed by atoms with Gasteiger partial charge in [-0.3, -0.25) is 0 Å². The van der Waals surface area contributed by atoms with E-state index >= 15 is 0 Å². The third-order valence-corrected chi connectivity index (χ3v) is 7.76. The zero-order valence-corrected chi connectivity index (χ0v) is 19.0. The second-order valence-corrected chi connectivity index (χ2v) is 11.1. The smallest absolute Gasteiger partial charge is 0.407 e. The van der Waals surface area contributed by atoms with Gasteiger partial charge in [0.25, 0.3) is 0 Å². The first-order valence-corrected chi connectivity index (χ1v) is 11.7. The number of benzene rings is 1. The molecule has 6 nitrogen and oxygen atoms in total. The molecule has 1 aliphatic rings. The van der Waals surface area contributed by atoms with Crippen LogP contribution in [0, 0.1) is 5.41 Å². The lowest BCUT2D eigenvalue weighted by Crippen LogP contribution is -2.58. The molecule has 0 N–H and O–H groups in total. The molecule has 0 aliphatic carbocycles. The van der Waals surface area contributed by atoms with E-state index < -0.39 is 22.7 Å². The molecule has 0 unspecified atom stereocenters. The molecular weight excluding hydrogens is 423 g/mol. The van der Waals surface area contributed by atoms with Crippen LogP contribution in [0.1, 0.15) is 33.3 Å². The Morgan fingerprint density at radius 3 is 2.57 bits per heavy atom. The summed E-state index contributed by atoms with van der Waals surface area (Å²) in [7, 11) is -4.44. The van der Waals surface area contributed by atoms with Crippen LogP contribution < -0.4 is 5.46 Å². The van der Waals surface area contributed by atoms with E-state index in [9.17, 15) is 8.42 Å². The van der Waals surface area contributed by atoms with Crippen LogP contribution in [0.15, 0.2) is 48.8 Å². The number of hydrogen-bond donors (Lipinski definition) is 0. The molecular formula is C21H24BClN2O4S. The summed E-state index contributed by atoms with van der Waals surface area (Å²) in [5.41, 5.74) is 0.930. The van der Waals surface area contributed by atoms with E-state index in [4.69, 9.17) is 20.9 Å². The SMILES string of the molecule is CC1(C)COB(c2cn(S(=O)(=O)Cc3ccccc3)c3ncc(Cl)cc23)OC1(C)C. The van der Waals surface area contributed by atoms with Crippen LogP contribution >= 0.6 is 11.6 Å². The molecule has 0 radical (unpaired) electrons. The van der Waals surface area contributed by atoms with Gasteiger partial charge in [-0.05, 0) is 25.5 Å². The third-order valence-electron chi connectivity index (χ3n) is 5.98. The molecule has 0 amide bonds. The Balaban J connectivity index is 1.80. The molecule has 0 bridgehead atoms. The molecule has 0 spiro atoms. The minimum Gasteiger partial charge on any atom is -0.407 e. The van der Waals surface area contributed by atoms with Gasteiger partial charge in [-0.2, -0.15) is 0 Å². The Kier molecular flexibility index (Phi) is 5.25.